The largest absolute Gasteiger partial charge is 0.307 e. The molecular formula is C45H29N5. The van der Waals surface area contributed by atoms with Crippen molar-refractivity contribution in [3.63, 3.8) is 0 Å². The molecule has 0 amide bonds. The van der Waals surface area contributed by atoms with Gasteiger partial charge in [0.1, 0.15) is 0 Å². The molecule has 5 nitrogen and oxygen atoms in total. The third kappa shape index (κ3) is 4.45. The van der Waals surface area contributed by atoms with Crippen LogP contribution in [0.5, 0.6) is 0 Å². The number of aromatic nitrogens is 5. The van der Waals surface area contributed by atoms with Crippen molar-refractivity contribution < 1.29 is 11.0 Å². The molecular weight excluding hydrogens is 611 g/mol. The summed E-state index contributed by atoms with van der Waals surface area (Å²) >= 11 is 0. The van der Waals surface area contributed by atoms with Crippen LogP contribution in [0.3, 0.4) is 0 Å². The number of rotatable bonds is 5. The Morgan fingerprint density at radius 3 is 1.66 bits per heavy atom. The normalized spacial score (nSPS) is 13.8. The van der Waals surface area contributed by atoms with Crippen molar-refractivity contribution in [3.05, 3.63) is 176 Å². The van der Waals surface area contributed by atoms with E-state index in [2.05, 4.69) is 0 Å². The van der Waals surface area contributed by atoms with Crippen LogP contribution in [0.1, 0.15) is 11.0 Å². The van der Waals surface area contributed by atoms with E-state index >= 15 is 0 Å². The quantitative estimate of drug-likeness (QED) is 0.187. The van der Waals surface area contributed by atoms with Crippen LogP contribution in [0.2, 0.25) is 0 Å². The molecule has 3 heterocycles. The molecule has 10 rings (SSSR count). The van der Waals surface area contributed by atoms with Gasteiger partial charge in [-0.05, 0) is 35.3 Å². The van der Waals surface area contributed by atoms with Gasteiger partial charge < -0.3 is 4.57 Å². The third-order valence-corrected chi connectivity index (χ3v) is 8.96. The number of hydrogen-bond donors (Lipinski definition) is 0. The van der Waals surface area contributed by atoms with Gasteiger partial charge in [-0.2, -0.15) is 9.97 Å². The Hall–Kier alpha value is -6.85. The minimum absolute atomic E-state index is 0.00457. The van der Waals surface area contributed by atoms with Crippen molar-refractivity contribution in [2.75, 3.05) is 0 Å². The summed E-state index contributed by atoms with van der Waals surface area (Å²) in [5, 5.41) is 1.16. The first-order chi connectivity index (χ1) is 28.1. The average Bonchev–Trinajstić information content (AvgIpc) is 3.78. The Morgan fingerprint density at radius 1 is 0.380 bits per heavy atom. The van der Waals surface area contributed by atoms with E-state index in [1.165, 1.54) is 12.1 Å². The van der Waals surface area contributed by atoms with Gasteiger partial charge in [0.15, 0.2) is 11.6 Å². The van der Waals surface area contributed by atoms with E-state index < -0.39 is 0 Å². The van der Waals surface area contributed by atoms with Crippen LogP contribution in [0.15, 0.2) is 176 Å². The van der Waals surface area contributed by atoms with E-state index in [9.17, 15) is 4.11 Å². The van der Waals surface area contributed by atoms with Gasteiger partial charge in [0.25, 0.3) is 0 Å². The van der Waals surface area contributed by atoms with Crippen LogP contribution in [0.4, 0.5) is 0 Å². The molecule has 0 atom stereocenters. The van der Waals surface area contributed by atoms with Gasteiger partial charge in [-0.1, -0.05) is 152 Å². The van der Waals surface area contributed by atoms with Crippen LogP contribution >= 0.6 is 0 Å². The summed E-state index contributed by atoms with van der Waals surface area (Å²) in [4.78, 5) is 14.9. The van der Waals surface area contributed by atoms with Gasteiger partial charge in [-0.15, -0.1) is 0 Å². The third-order valence-electron chi connectivity index (χ3n) is 8.96. The van der Waals surface area contributed by atoms with Gasteiger partial charge in [0, 0.05) is 38.4 Å². The first-order valence-corrected chi connectivity index (χ1v) is 16.1. The lowest BCUT2D eigenvalue weighted by Crippen LogP contribution is -2.07. The molecule has 0 aliphatic carbocycles. The standard InChI is InChI=1S/C45H29N5/c1-4-14-30(15-5-1)31-24-26-33(27-25-31)44-46-43(32-16-6-2-7-17-32)47-45(48-44)50-40-23-13-11-21-36(40)38-29-28-37-35-20-10-12-22-39(35)49(41(37)42(38)50)34-18-8-3-9-19-34/h1-29H/i10D,11D,16D,20D,21D,22D,23D,29D. The molecule has 0 radical (unpaired) electrons. The Balaban J connectivity index is 1.40. The lowest BCUT2D eigenvalue weighted by molar-refractivity contribution is 0.953. The number of nitrogens with zero attached hydrogens (tertiary/aromatic N) is 5. The fourth-order valence-electron chi connectivity index (χ4n) is 6.72. The van der Waals surface area contributed by atoms with Crippen LogP contribution in [0, 0.1) is 0 Å². The van der Waals surface area contributed by atoms with Crippen LogP contribution in [0.25, 0.3) is 89.2 Å². The first kappa shape index (κ1) is 21.2. The number of fused-ring (bicyclic) bond motifs is 7. The van der Waals surface area contributed by atoms with E-state index in [-0.39, 0.29) is 82.2 Å². The monoisotopic (exact) mass is 647 g/mol. The summed E-state index contributed by atoms with van der Waals surface area (Å²) < 4.78 is 75.8. The summed E-state index contributed by atoms with van der Waals surface area (Å²) in [5.41, 5.74) is 5.04. The Morgan fingerprint density at radius 2 is 0.940 bits per heavy atom. The molecule has 10 aromatic rings. The molecule has 5 heteroatoms. The van der Waals surface area contributed by atoms with Gasteiger partial charge in [0.05, 0.1) is 33.0 Å². The van der Waals surface area contributed by atoms with Crippen molar-refractivity contribution in [3.8, 4) is 45.5 Å². The SMILES string of the molecule is [2H]c1ccccc1-c1nc(-c2ccc(-c3ccccc3)cc2)nc(-n2c3c([2H])cc([2H])c([2H])c3c3c([2H])cc4c5c([2H])c([2H])cc([2H])c5n(-c5ccccc5)c4c32)n1. The van der Waals surface area contributed by atoms with E-state index in [0.29, 0.717) is 44.1 Å². The smallest absolute Gasteiger partial charge is 0.238 e. The highest BCUT2D eigenvalue weighted by atomic mass is 15.2. The predicted octanol–water partition coefficient (Wildman–Crippen LogP) is 11.1. The molecule has 7 aromatic carbocycles. The van der Waals surface area contributed by atoms with Crippen molar-refractivity contribution in [2.24, 2.45) is 0 Å². The second-order valence-electron chi connectivity index (χ2n) is 11.8. The van der Waals surface area contributed by atoms with Crippen molar-refractivity contribution in [2.45, 2.75) is 0 Å². The second kappa shape index (κ2) is 11.4. The highest BCUT2D eigenvalue weighted by Crippen LogP contribution is 2.41. The Bertz CT molecular complexity index is 3310. The average molecular weight is 648 g/mol. The summed E-state index contributed by atoms with van der Waals surface area (Å²) in [7, 11) is 0. The molecule has 0 saturated carbocycles. The maximum Gasteiger partial charge on any atom is 0.238 e. The van der Waals surface area contributed by atoms with Gasteiger partial charge in [0.2, 0.25) is 5.95 Å². The molecule has 0 saturated heterocycles. The molecule has 0 unspecified atom stereocenters. The molecule has 0 spiro atoms. The summed E-state index contributed by atoms with van der Waals surface area (Å²) in [5.74, 6) is 0.497. The summed E-state index contributed by atoms with van der Waals surface area (Å²) in [6.07, 6.45) is 0. The highest BCUT2D eigenvalue weighted by Gasteiger charge is 2.23. The van der Waals surface area contributed by atoms with Gasteiger partial charge >= 0.3 is 0 Å². The van der Waals surface area contributed by atoms with Crippen LogP contribution in [-0.2, 0) is 0 Å². The van der Waals surface area contributed by atoms with E-state index in [1.807, 2.05) is 89.5 Å². The molecule has 0 bridgehead atoms. The van der Waals surface area contributed by atoms with Crippen molar-refractivity contribution in [1.29, 1.82) is 0 Å². The number of para-hydroxylation sites is 3. The minimum Gasteiger partial charge on any atom is -0.307 e. The van der Waals surface area contributed by atoms with E-state index in [0.717, 1.165) is 11.1 Å². The molecule has 50 heavy (non-hydrogen) atoms. The van der Waals surface area contributed by atoms with Crippen LogP contribution < -0.4 is 0 Å². The van der Waals surface area contributed by atoms with Crippen LogP contribution in [-0.4, -0.2) is 24.1 Å². The van der Waals surface area contributed by atoms with Gasteiger partial charge in [-0.25, -0.2) is 4.98 Å². The zero-order valence-corrected chi connectivity index (χ0v) is 26.4. The maximum atomic E-state index is 9.52. The fraction of sp³-hybridized carbons (Fsp3) is 0. The molecule has 234 valence electrons. The topological polar surface area (TPSA) is 48.5 Å². The summed E-state index contributed by atoms with van der Waals surface area (Å²) in [6.45, 7) is 0. The fourth-order valence-corrected chi connectivity index (χ4v) is 6.72. The summed E-state index contributed by atoms with van der Waals surface area (Å²) in [6, 6.07) is 37.5. The first-order valence-electron chi connectivity index (χ1n) is 20.1. The number of benzene rings is 7. The Kier molecular flexibility index (Phi) is 4.83. The maximum absolute atomic E-state index is 9.52. The second-order valence-corrected chi connectivity index (χ2v) is 11.8. The zero-order chi connectivity index (χ0) is 40.0. The molecule has 0 aliphatic rings. The zero-order valence-electron chi connectivity index (χ0n) is 34.4. The minimum atomic E-state index is -0.195. The number of hydrogen-bond acceptors (Lipinski definition) is 3. The molecule has 0 aliphatic heterocycles. The molecule has 3 aromatic heterocycles. The lowest BCUT2D eigenvalue weighted by Gasteiger charge is -2.13. The lowest BCUT2D eigenvalue weighted by atomic mass is 10.0. The van der Waals surface area contributed by atoms with Crippen molar-refractivity contribution >= 4 is 43.6 Å². The highest BCUT2D eigenvalue weighted by molar-refractivity contribution is 6.23. The van der Waals surface area contributed by atoms with Crippen molar-refractivity contribution in [1.82, 2.24) is 24.1 Å². The Labute approximate surface area is 299 Å². The van der Waals surface area contributed by atoms with E-state index in [4.69, 9.17) is 21.8 Å². The van der Waals surface area contributed by atoms with Gasteiger partial charge in [-0.3, -0.25) is 4.57 Å². The molecule has 0 fully saturated rings. The molecule has 0 N–H and O–H groups in total. The van der Waals surface area contributed by atoms with E-state index in [1.54, 1.807) is 34.9 Å². The predicted molar refractivity (Wildman–Crippen MR) is 205 cm³/mol.